The van der Waals surface area contributed by atoms with E-state index < -0.39 is 0 Å². The maximum Gasteiger partial charge on any atom is 0.270 e. The summed E-state index contributed by atoms with van der Waals surface area (Å²) in [5.41, 5.74) is 3.68. The van der Waals surface area contributed by atoms with Crippen LogP contribution in [0.5, 0.6) is 0 Å². The zero-order valence-corrected chi connectivity index (χ0v) is 14.8. The number of amides is 1. The number of carbonyl (C=O) groups excluding carboxylic acids is 1. The van der Waals surface area contributed by atoms with Crippen molar-refractivity contribution in [1.29, 1.82) is 0 Å². The molecule has 2 aliphatic rings. The number of benzene rings is 2. The zero-order chi connectivity index (χ0) is 18.3. The monoisotopic (exact) mass is 350 g/mol. The predicted octanol–water partition coefficient (Wildman–Crippen LogP) is 5.27. The summed E-state index contributed by atoms with van der Waals surface area (Å²) in [6.45, 7) is 2.23. The summed E-state index contributed by atoms with van der Waals surface area (Å²) in [6.07, 6.45) is 5.70. The van der Waals surface area contributed by atoms with Crippen molar-refractivity contribution in [1.82, 2.24) is 0 Å². The third-order valence-corrected chi connectivity index (χ3v) is 5.97. The van der Waals surface area contributed by atoms with Gasteiger partial charge in [0.25, 0.3) is 5.69 Å². The Bertz CT molecular complexity index is 885. The molecule has 26 heavy (non-hydrogen) atoms. The third kappa shape index (κ3) is 2.77. The van der Waals surface area contributed by atoms with Gasteiger partial charge in [-0.3, -0.25) is 14.9 Å². The lowest BCUT2D eigenvalue weighted by Crippen LogP contribution is -2.32. The van der Waals surface area contributed by atoms with Crippen LogP contribution < -0.4 is 5.32 Å². The van der Waals surface area contributed by atoms with Crippen molar-refractivity contribution in [2.75, 3.05) is 5.32 Å². The molecule has 2 aromatic rings. The van der Waals surface area contributed by atoms with E-state index in [1.807, 2.05) is 24.3 Å². The van der Waals surface area contributed by atoms with E-state index in [-0.39, 0.29) is 27.9 Å². The van der Waals surface area contributed by atoms with Crippen LogP contribution in [0, 0.1) is 15.5 Å². The lowest BCUT2D eigenvalue weighted by atomic mass is 9.65. The normalized spacial score (nSPS) is 21.1. The van der Waals surface area contributed by atoms with Crippen molar-refractivity contribution in [3.63, 3.8) is 0 Å². The number of non-ortho nitro benzene ring substituents is 1. The van der Waals surface area contributed by atoms with E-state index in [1.165, 1.54) is 25.3 Å². The number of hydrogen-bond acceptors (Lipinski definition) is 3. The fourth-order valence-corrected chi connectivity index (χ4v) is 4.58. The van der Waals surface area contributed by atoms with Crippen LogP contribution in [0.4, 0.5) is 11.4 Å². The van der Waals surface area contributed by atoms with Crippen molar-refractivity contribution >= 4 is 17.3 Å². The van der Waals surface area contributed by atoms with Gasteiger partial charge in [-0.05, 0) is 47.1 Å². The highest BCUT2D eigenvalue weighted by Gasteiger charge is 2.45. The van der Waals surface area contributed by atoms with E-state index in [4.69, 9.17) is 0 Å². The number of carbonyl (C=O) groups is 1. The number of hydrogen-bond donors (Lipinski definition) is 1. The first-order chi connectivity index (χ1) is 12.5. The van der Waals surface area contributed by atoms with Gasteiger partial charge in [-0.1, -0.05) is 44.4 Å². The molecule has 0 bridgehead atoms. The molecular weight excluding hydrogens is 328 g/mol. The maximum absolute atomic E-state index is 12.7. The Morgan fingerprint density at radius 3 is 2.54 bits per heavy atom. The van der Waals surface area contributed by atoms with Gasteiger partial charge in [-0.25, -0.2) is 0 Å². The molecule has 134 valence electrons. The molecule has 0 saturated heterocycles. The number of nitro groups is 1. The standard InChI is InChI=1S/C21H22N2O3/c1-21(10-3-2-4-11-21)19-17-13-15(8-9-18(17)22-20(19)24)14-6-5-7-16(12-14)23(25)26/h5-9,12-13,19H,2-4,10-11H2,1H3,(H,22,24). The molecule has 1 saturated carbocycles. The zero-order valence-electron chi connectivity index (χ0n) is 14.8. The quantitative estimate of drug-likeness (QED) is 0.605. The molecule has 5 heteroatoms. The first-order valence-electron chi connectivity index (χ1n) is 9.18. The Balaban J connectivity index is 1.76. The van der Waals surface area contributed by atoms with E-state index in [9.17, 15) is 14.9 Å². The Morgan fingerprint density at radius 1 is 1.08 bits per heavy atom. The Hall–Kier alpha value is -2.69. The molecule has 2 aromatic carbocycles. The molecule has 0 spiro atoms. The van der Waals surface area contributed by atoms with Crippen molar-refractivity contribution in [2.24, 2.45) is 5.41 Å². The van der Waals surface area contributed by atoms with Crippen LogP contribution in [0.3, 0.4) is 0 Å². The first-order valence-corrected chi connectivity index (χ1v) is 9.18. The van der Waals surface area contributed by atoms with Gasteiger partial charge in [-0.2, -0.15) is 0 Å². The highest BCUT2D eigenvalue weighted by atomic mass is 16.6. The van der Waals surface area contributed by atoms with E-state index in [1.54, 1.807) is 12.1 Å². The number of anilines is 1. The molecule has 1 N–H and O–H groups in total. The van der Waals surface area contributed by atoms with Gasteiger partial charge in [0.15, 0.2) is 0 Å². The second kappa shape index (κ2) is 6.24. The van der Waals surface area contributed by atoms with Gasteiger partial charge in [0.05, 0.1) is 10.8 Å². The second-order valence-corrected chi connectivity index (χ2v) is 7.75. The van der Waals surface area contributed by atoms with E-state index >= 15 is 0 Å². The molecule has 5 nitrogen and oxygen atoms in total. The minimum absolute atomic E-state index is 0.0190. The smallest absolute Gasteiger partial charge is 0.270 e. The maximum atomic E-state index is 12.7. The molecule has 1 amide bonds. The van der Waals surface area contributed by atoms with Crippen LogP contribution in [-0.4, -0.2) is 10.8 Å². The largest absolute Gasteiger partial charge is 0.325 e. The molecule has 1 atom stereocenters. The minimum atomic E-state index is -0.381. The van der Waals surface area contributed by atoms with Crippen molar-refractivity contribution in [3.8, 4) is 11.1 Å². The van der Waals surface area contributed by atoms with Crippen LogP contribution >= 0.6 is 0 Å². The van der Waals surface area contributed by atoms with Gasteiger partial charge >= 0.3 is 0 Å². The van der Waals surface area contributed by atoms with Gasteiger partial charge in [0.2, 0.25) is 5.91 Å². The van der Waals surface area contributed by atoms with Gasteiger partial charge < -0.3 is 5.32 Å². The third-order valence-electron chi connectivity index (χ3n) is 5.97. The van der Waals surface area contributed by atoms with Gasteiger partial charge in [-0.15, -0.1) is 0 Å². The first kappa shape index (κ1) is 16.8. The fraction of sp³-hybridized carbons (Fsp3) is 0.381. The Kier molecular flexibility index (Phi) is 4.02. The summed E-state index contributed by atoms with van der Waals surface area (Å²) < 4.78 is 0. The number of nitrogens with one attached hydrogen (secondary N) is 1. The topological polar surface area (TPSA) is 72.2 Å². The molecule has 1 unspecified atom stereocenters. The summed E-state index contributed by atoms with van der Waals surface area (Å²) >= 11 is 0. The van der Waals surface area contributed by atoms with E-state index in [0.717, 1.165) is 35.2 Å². The molecule has 0 aromatic heterocycles. The number of nitrogens with zero attached hydrogens (tertiary/aromatic N) is 1. The molecule has 4 rings (SSSR count). The highest BCUT2D eigenvalue weighted by Crippen LogP contribution is 2.52. The van der Waals surface area contributed by atoms with E-state index in [0.29, 0.717) is 0 Å². The highest BCUT2D eigenvalue weighted by molar-refractivity contribution is 6.04. The predicted molar refractivity (Wildman–Crippen MR) is 101 cm³/mol. The average Bonchev–Trinajstić information content (AvgIpc) is 2.98. The van der Waals surface area contributed by atoms with Gasteiger partial charge in [0.1, 0.15) is 0 Å². The summed E-state index contributed by atoms with van der Waals surface area (Å²) in [6, 6.07) is 12.5. The summed E-state index contributed by atoms with van der Waals surface area (Å²) in [5.74, 6) is -0.0583. The molecule has 1 aliphatic carbocycles. The van der Waals surface area contributed by atoms with Crippen molar-refractivity contribution in [3.05, 3.63) is 58.1 Å². The summed E-state index contributed by atoms with van der Waals surface area (Å²) in [5, 5.41) is 14.1. The number of fused-ring (bicyclic) bond motifs is 1. The Morgan fingerprint density at radius 2 is 1.81 bits per heavy atom. The number of nitro benzene ring substituents is 1. The molecule has 1 heterocycles. The average molecular weight is 350 g/mol. The lowest BCUT2D eigenvalue weighted by Gasteiger charge is -2.38. The van der Waals surface area contributed by atoms with Crippen LogP contribution in [0.1, 0.15) is 50.5 Å². The van der Waals surface area contributed by atoms with Crippen LogP contribution in [0.2, 0.25) is 0 Å². The minimum Gasteiger partial charge on any atom is -0.325 e. The Labute approximate surface area is 152 Å². The van der Waals surface area contributed by atoms with Crippen LogP contribution in [0.15, 0.2) is 42.5 Å². The van der Waals surface area contributed by atoms with E-state index in [2.05, 4.69) is 12.2 Å². The van der Waals surface area contributed by atoms with Crippen LogP contribution in [-0.2, 0) is 4.79 Å². The second-order valence-electron chi connectivity index (χ2n) is 7.75. The molecule has 0 radical (unpaired) electrons. The lowest BCUT2D eigenvalue weighted by molar-refractivity contribution is -0.384. The molecular formula is C21H22N2O3. The SMILES string of the molecule is CC1(C2C(=O)Nc3ccc(-c4cccc([N+](=O)[O-])c4)cc32)CCCCC1. The van der Waals surface area contributed by atoms with Crippen molar-refractivity contribution < 1.29 is 9.72 Å². The van der Waals surface area contributed by atoms with Gasteiger partial charge in [0, 0.05) is 17.8 Å². The summed E-state index contributed by atoms with van der Waals surface area (Å²) in [4.78, 5) is 23.4. The number of rotatable bonds is 3. The molecule has 1 aliphatic heterocycles. The molecule has 1 fully saturated rings. The fourth-order valence-electron chi connectivity index (χ4n) is 4.58. The van der Waals surface area contributed by atoms with Crippen molar-refractivity contribution in [2.45, 2.75) is 44.9 Å². The van der Waals surface area contributed by atoms with Crippen LogP contribution in [0.25, 0.3) is 11.1 Å². The summed E-state index contributed by atoms with van der Waals surface area (Å²) in [7, 11) is 0.